The van der Waals surface area contributed by atoms with Gasteiger partial charge < -0.3 is 5.73 Å². The number of nitrogens with two attached hydrogens (primary N) is 1. The number of halogens is 1. The van der Waals surface area contributed by atoms with Crippen LogP contribution in [0.15, 0.2) is 16.0 Å². The smallest absolute Gasteiger partial charge is 0.190 e. The van der Waals surface area contributed by atoms with Gasteiger partial charge in [-0.15, -0.1) is 11.3 Å². The molecule has 72 valence electrons. The molecule has 2 rings (SSSR count). The second kappa shape index (κ2) is 3.62. The maximum Gasteiger partial charge on any atom is 0.190 e. The highest BCUT2D eigenvalue weighted by molar-refractivity contribution is 9.10. The quantitative estimate of drug-likeness (QED) is 0.864. The molecule has 14 heavy (non-hydrogen) atoms. The van der Waals surface area contributed by atoms with Crippen LogP contribution in [0.4, 0.5) is 5.82 Å². The van der Waals surface area contributed by atoms with Gasteiger partial charge >= 0.3 is 0 Å². The van der Waals surface area contributed by atoms with Crippen LogP contribution >= 0.6 is 27.3 Å². The molecule has 0 aromatic carbocycles. The number of nitrogen functional groups attached to an aromatic ring is 1. The normalized spacial score (nSPS) is 10.4. The number of anilines is 1. The fraction of sp³-hybridized carbons (Fsp3) is 0.125. The molecule has 2 N–H and O–H groups in total. The number of hydrogen-bond acceptors (Lipinski definition) is 5. The monoisotopic (exact) mass is 270 g/mol. The average molecular weight is 271 g/mol. The summed E-state index contributed by atoms with van der Waals surface area (Å²) in [6.45, 7) is 1.87. The first kappa shape index (κ1) is 9.54. The van der Waals surface area contributed by atoms with E-state index in [-0.39, 0.29) is 0 Å². The third kappa shape index (κ3) is 1.62. The molecule has 0 radical (unpaired) electrons. The molecule has 0 aliphatic carbocycles. The van der Waals surface area contributed by atoms with Gasteiger partial charge in [0, 0.05) is 11.6 Å². The van der Waals surface area contributed by atoms with E-state index >= 15 is 0 Å². The number of thiazole rings is 1. The Bertz CT molecular complexity index is 431. The van der Waals surface area contributed by atoms with Crippen molar-refractivity contribution >= 4 is 33.1 Å². The van der Waals surface area contributed by atoms with E-state index in [1.165, 1.54) is 11.3 Å². The van der Waals surface area contributed by atoms with E-state index in [9.17, 15) is 0 Å². The predicted molar refractivity (Wildman–Crippen MR) is 60.0 cm³/mol. The van der Waals surface area contributed by atoms with Crippen LogP contribution in [0.1, 0.15) is 5.69 Å². The summed E-state index contributed by atoms with van der Waals surface area (Å²) in [6, 6.07) is 0. The Morgan fingerprint density at radius 2 is 2.21 bits per heavy atom. The van der Waals surface area contributed by atoms with Crippen molar-refractivity contribution in [1.82, 2.24) is 15.0 Å². The van der Waals surface area contributed by atoms with Crippen LogP contribution in [-0.2, 0) is 0 Å². The third-order valence-corrected chi connectivity index (χ3v) is 3.42. The largest absolute Gasteiger partial charge is 0.383 e. The van der Waals surface area contributed by atoms with Crippen molar-refractivity contribution in [3.63, 3.8) is 0 Å². The minimum Gasteiger partial charge on any atom is -0.383 e. The van der Waals surface area contributed by atoms with Gasteiger partial charge in [0.1, 0.15) is 5.82 Å². The van der Waals surface area contributed by atoms with Gasteiger partial charge in [0.15, 0.2) is 10.8 Å². The van der Waals surface area contributed by atoms with Crippen molar-refractivity contribution in [2.75, 3.05) is 5.73 Å². The van der Waals surface area contributed by atoms with Gasteiger partial charge in [-0.25, -0.2) is 15.0 Å². The lowest BCUT2D eigenvalue weighted by Crippen LogP contribution is -1.99. The molecule has 0 saturated carbocycles. The maximum atomic E-state index is 5.71. The molecule has 0 aliphatic heterocycles. The molecule has 0 spiro atoms. The summed E-state index contributed by atoms with van der Waals surface area (Å²) in [5.41, 5.74) is 6.53. The Labute approximate surface area is 93.4 Å². The van der Waals surface area contributed by atoms with Gasteiger partial charge in [0.05, 0.1) is 10.2 Å². The molecular weight excluding hydrogens is 264 g/mol. The van der Waals surface area contributed by atoms with Crippen molar-refractivity contribution in [2.45, 2.75) is 6.92 Å². The Morgan fingerprint density at radius 1 is 1.43 bits per heavy atom. The molecule has 0 atom stereocenters. The number of aryl methyl sites for hydroxylation is 1. The van der Waals surface area contributed by atoms with Crippen molar-refractivity contribution in [1.29, 1.82) is 0 Å². The molecule has 0 unspecified atom stereocenters. The summed E-state index contributed by atoms with van der Waals surface area (Å²) < 4.78 is 0.748. The molecule has 2 aromatic rings. The zero-order valence-corrected chi connectivity index (χ0v) is 9.76. The Kier molecular flexibility index (Phi) is 2.47. The number of rotatable bonds is 1. The summed E-state index contributed by atoms with van der Waals surface area (Å²) in [5, 5.41) is 2.67. The second-order valence-corrected chi connectivity index (χ2v) is 4.36. The van der Waals surface area contributed by atoms with Crippen molar-refractivity contribution in [3.05, 3.63) is 21.7 Å². The summed E-state index contributed by atoms with van der Waals surface area (Å²) in [5.74, 6) is 1.03. The molecule has 0 saturated heterocycles. The van der Waals surface area contributed by atoms with Crippen LogP contribution in [0.5, 0.6) is 0 Å². The highest BCUT2D eigenvalue weighted by atomic mass is 79.9. The van der Waals surface area contributed by atoms with E-state index in [4.69, 9.17) is 5.73 Å². The van der Waals surface area contributed by atoms with Crippen LogP contribution in [0, 0.1) is 6.92 Å². The van der Waals surface area contributed by atoms with Gasteiger partial charge in [-0.3, -0.25) is 0 Å². The van der Waals surface area contributed by atoms with E-state index in [0.29, 0.717) is 11.6 Å². The van der Waals surface area contributed by atoms with Gasteiger partial charge in [0.2, 0.25) is 0 Å². The number of hydrogen-bond donors (Lipinski definition) is 1. The zero-order valence-electron chi connectivity index (χ0n) is 7.36. The molecule has 6 heteroatoms. The lowest BCUT2D eigenvalue weighted by molar-refractivity contribution is 1.09. The van der Waals surface area contributed by atoms with Gasteiger partial charge in [-0.2, -0.15) is 0 Å². The molecule has 0 aliphatic rings. The highest BCUT2D eigenvalue weighted by Gasteiger charge is 2.09. The second-order valence-electron chi connectivity index (χ2n) is 2.67. The molecule has 0 bridgehead atoms. The van der Waals surface area contributed by atoms with Crippen molar-refractivity contribution in [2.24, 2.45) is 0 Å². The van der Waals surface area contributed by atoms with Gasteiger partial charge in [-0.05, 0) is 22.9 Å². The zero-order chi connectivity index (χ0) is 10.1. The molecular formula is C8H7BrN4S. The first-order valence-electron chi connectivity index (χ1n) is 3.88. The van der Waals surface area contributed by atoms with Crippen LogP contribution in [-0.4, -0.2) is 15.0 Å². The standard InChI is InChI=1S/C8H7BrN4S/c1-4-5(9)6(10)13-7(12-4)8-11-2-3-14-8/h2-3H,1H3,(H2,10,12,13). The third-order valence-electron chi connectivity index (χ3n) is 1.67. The van der Waals surface area contributed by atoms with E-state index < -0.39 is 0 Å². The highest BCUT2D eigenvalue weighted by Crippen LogP contribution is 2.25. The molecule has 0 amide bonds. The summed E-state index contributed by atoms with van der Waals surface area (Å²) >= 11 is 4.80. The number of aromatic nitrogens is 3. The van der Waals surface area contributed by atoms with E-state index in [1.54, 1.807) is 6.20 Å². The minimum absolute atomic E-state index is 0.447. The summed E-state index contributed by atoms with van der Waals surface area (Å²) in [4.78, 5) is 12.6. The topological polar surface area (TPSA) is 64.7 Å². The first-order valence-corrected chi connectivity index (χ1v) is 5.55. The van der Waals surface area contributed by atoms with Crippen molar-refractivity contribution in [3.8, 4) is 10.8 Å². The summed E-state index contributed by atoms with van der Waals surface area (Å²) in [6.07, 6.45) is 1.72. The molecule has 0 fully saturated rings. The maximum absolute atomic E-state index is 5.71. The van der Waals surface area contributed by atoms with Crippen molar-refractivity contribution < 1.29 is 0 Å². The average Bonchev–Trinajstić information content (AvgIpc) is 2.66. The SMILES string of the molecule is Cc1nc(-c2nccs2)nc(N)c1Br. The fourth-order valence-corrected chi connectivity index (χ4v) is 1.76. The predicted octanol–water partition coefficient (Wildman–Crippen LogP) is 2.25. The van der Waals surface area contributed by atoms with Gasteiger partial charge in [-0.1, -0.05) is 0 Å². The Balaban J connectivity index is 2.57. The Morgan fingerprint density at radius 3 is 2.79 bits per heavy atom. The molecule has 2 heterocycles. The van der Waals surface area contributed by atoms with E-state index in [1.807, 2.05) is 12.3 Å². The van der Waals surface area contributed by atoms with Crippen LogP contribution < -0.4 is 5.73 Å². The fourth-order valence-electron chi connectivity index (χ4n) is 1.01. The van der Waals surface area contributed by atoms with Crippen LogP contribution in [0.3, 0.4) is 0 Å². The minimum atomic E-state index is 0.447. The number of nitrogens with zero attached hydrogens (tertiary/aromatic N) is 3. The van der Waals surface area contributed by atoms with E-state index in [2.05, 4.69) is 30.9 Å². The van der Waals surface area contributed by atoms with Gasteiger partial charge in [0.25, 0.3) is 0 Å². The van der Waals surface area contributed by atoms with Crippen LogP contribution in [0.25, 0.3) is 10.8 Å². The van der Waals surface area contributed by atoms with Crippen LogP contribution in [0.2, 0.25) is 0 Å². The van der Waals surface area contributed by atoms with E-state index in [0.717, 1.165) is 15.2 Å². The Hall–Kier alpha value is -1.01. The first-order chi connectivity index (χ1) is 6.68. The molecule has 2 aromatic heterocycles. The lowest BCUT2D eigenvalue weighted by Gasteiger charge is -2.02. The molecule has 4 nitrogen and oxygen atoms in total. The summed E-state index contributed by atoms with van der Waals surface area (Å²) in [7, 11) is 0. The lowest BCUT2D eigenvalue weighted by atomic mass is 10.4.